The van der Waals surface area contributed by atoms with E-state index in [0.29, 0.717) is 33.9 Å². The highest BCUT2D eigenvalue weighted by molar-refractivity contribution is 7.90. The molecule has 1 aromatic heterocycles. The molecule has 0 radical (unpaired) electrons. The first kappa shape index (κ1) is 24.5. The number of nitrogens with zero attached hydrogens (tertiary/aromatic N) is 1. The maximum absolute atomic E-state index is 13.7. The van der Waals surface area contributed by atoms with Crippen molar-refractivity contribution in [3.63, 3.8) is 0 Å². The van der Waals surface area contributed by atoms with Crippen molar-refractivity contribution in [1.82, 2.24) is 9.29 Å². The van der Waals surface area contributed by atoms with Crippen LogP contribution in [-0.4, -0.2) is 36.4 Å². The van der Waals surface area contributed by atoms with Crippen LogP contribution in [0.25, 0.3) is 10.9 Å². The van der Waals surface area contributed by atoms with Crippen molar-refractivity contribution in [1.29, 1.82) is 0 Å². The molecule has 0 aliphatic heterocycles. The molecule has 33 heavy (non-hydrogen) atoms. The van der Waals surface area contributed by atoms with Crippen LogP contribution in [0.4, 0.5) is 4.79 Å². The van der Waals surface area contributed by atoms with E-state index in [1.165, 1.54) is 10.2 Å². The van der Waals surface area contributed by atoms with E-state index in [4.69, 9.17) is 4.74 Å². The summed E-state index contributed by atoms with van der Waals surface area (Å²) in [6.45, 7) is 10.7. The van der Waals surface area contributed by atoms with E-state index in [1.807, 2.05) is 25.1 Å². The second-order valence-corrected chi connectivity index (χ2v) is 11.0. The summed E-state index contributed by atoms with van der Waals surface area (Å²) >= 11 is 0. The number of ether oxygens (including phenoxy) is 1. The molecule has 1 atom stereocenters. The minimum atomic E-state index is -3.90. The molecule has 0 aliphatic carbocycles. The normalized spacial score (nSPS) is 13.0. The Morgan fingerprint density at radius 2 is 1.73 bits per heavy atom. The van der Waals surface area contributed by atoms with Gasteiger partial charge in [0.2, 0.25) is 0 Å². The molecule has 7 nitrogen and oxygen atoms in total. The summed E-state index contributed by atoms with van der Waals surface area (Å²) in [5.41, 5.74) is 2.77. The average Bonchev–Trinajstić information content (AvgIpc) is 3.04. The van der Waals surface area contributed by atoms with Gasteiger partial charge in [-0.2, -0.15) is 0 Å². The maximum Gasteiger partial charge on any atom is 0.408 e. The highest BCUT2D eigenvalue weighted by Crippen LogP contribution is 2.30. The molecular formula is C25H30N2O5S. The molecule has 0 unspecified atom stereocenters. The predicted octanol–water partition coefficient (Wildman–Crippen LogP) is 4.44. The smallest absolute Gasteiger partial charge is 0.408 e. The number of aryl methyl sites for hydroxylation is 3. The Hall–Kier alpha value is -3.13. The Bertz CT molecular complexity index is 1290. The second-order valence-electron chi connectivity index (χ2n) is 9.29. The van der Waals surface area contributed by atoms with Crippen molar-refractivity contribution in [2.24, 2.45) is 0 Å². The SMILES string of the molecule is Cc1cc(C)c(S(=O)(=O)n2cc(C[C@@H](C=O)NC(=O)OC(C)(C)C)c3ccccc32)c(C)c1. The quantitative estimate of drug-likeness (QED) is 0.538. The number of amides is 1. The third-order valence-corrected chi connectivity index (χ3v) is 7.17. The number of carbonyl (C=O) groups excluding carboxylic acids is 2. The number of benzene rings is 2. The molecule has 0 bridgehead atoms. The monoisotopic (exact) mass is 470 g/mol. The van der Waals surface area contributed by atoms with Gasteiger partial charge in [0.15, 0.2) is 0 Å². The zero-order valence-electron chi connectivity index (χ0n) is 19.8. The van der Waals surface area contributed by atoms with Gasteiger partial charge in [-0.25, -0.2) is 17.2 Å². The van der Waals surface area contributed by atoms with Crippen LogP contribution in [0, 0.1) is 20.8 Å². The molecule has 0 saturated heterocycles. The topological polar surface area (TPSA) is 94.5 Å². The largest absolute Gasteiger partial charge is 0.444 e. The van der Waals surface area contributed by atoms with Crippen LogP contribution in [0.2, 0.25) is 0 Å². The van der Waals surface area contributed by atoms with Crippen LogP contribution in [0.3, 0.4) is 0 Å². The van der Waals surface area contributed by atoms with Crippen molar-refractivity contribution in [2.75, 3.05) is 0 Å². The van der Waals surface area contributed by atoms with Gasteiger partial charge in [-0.1, -0.05) is 35.9 Å². The summed E-state index contributed by atoms with van der Waals surface area (Å²) in [5, 5.41) is 3.25. The number of alkyl carbamates (subject to hydrolysis) is 1. The molecule has 3 aromatic rings. The van der Waals surface area contributed by atoms with E-state index >= 15 is 0 Å². The Morgan fingerprint density at radius 3 is 2.30 bits per heavy atom. The fourth-order valence-electron chi connectivity index (χ4n) is 4.08. The Balaban J connectivity index is 2.04. The summed E-state index contributed by atoms with van der Waals surface area (Å²) < 4.78 is 33.9. The van der Waals surface area contributed by atoms with Crippen LogP contribution in [0.5, 0.6) is 0 Å². The van der Waals surface area contributed by atoms with Crippen LogP contribution in [-0.2, 0) is 26.0 Å². The van der Waals surface area contributed by atoms with Crippen molar-refractivity contribution in [2.45, 2.75) is 64.5 Å². The third-order valence-electron chi connectivity index (χ3n) is 5.19. The van der Waals surface area contributed by atoms with E-state index in [9.17, 15) is 18.0 Å². The first-order chi connectivity index (χ1) is 15.3. The number of aromatic nitrogens is 1. The van der Waals surface area contributed by atoms with E-state index < -0.39 is 27.8 Å². The van der Waals surface area contributed by atoms with Crippen molar-refractivity contribution in [3.05, 3.63) is 64.8 Å². The molecule has 1 amide bonds. The molecule has 2 aromatic carbocycles. The van der Waals surface area contributed by atoms with E-state index in [2.05, 4.69) is 5.32 Å². The lowest BCUT2D eigenvalue weighted by Gasteiger charge is -2.21. The van der Waals surface area contributed by atoms with Gasteiger partial charge in [-0.3, -0.25) is 0 Å². The minimum Gasteiger partial charge on any atom is -0.444 e. The molecule has 0 fully saturated rings. The first-order valence-electron chi connectivity index (χ1n) is 10.7. The summed E-state index contributed by atoms with van der Waals surface area (Å²) in [6.07, 6.45) is 1.57. The van der Waals surface area contributed by atoms with Gasteiger partial charge in [0.1, 0.15) is 11.9 Å². The number of hydrogen-bond donors (Lipinski definition) is 1. The second kappa shape index (κ2) is 9.02. The average molecular weight is 471 g/mol. The Kier molecular flexibility index (Phi) is 6.70. The van der Waals surface area contributed by atoms with Crippen LogP contribution < -0.4 is 5.32 Å². The van der Waals surface area contributed by atoms with Crippen LogP contribution in [0.1, 0.15) is 43.0 Å². The molecule has 176 valence electrons. The number of hydrogen-bond acceptors (Lipinski definition) is 5. The van der Waals surface area contributed by atoms with Gasteiger partial charge >= 0.3 is 6.09 Å². The summed E-state index contributed by atoms with van der Waals surface area (Å²) in [7, 11) is -3.90. The van der Waals surface area contributed by atoms with Crippen LogP contribution >= 0.6 is 0 Å². The van der Waals surface area contributed by atoms with Gasteiger partial charge in [0.05, 0.1) is 16.5 Å². The fourth-order valence-corrected chi connectivity index (χ4v) is 5.89. The highest BCUT2D eigenvalue weighted by atomic mass is 32.2. The predicted molar refractivity (Wildman–Crippen MR) is 128 cm³/mol. The Morgan fingerprint density at radius 1 is 1.12 bits per heavy atom. The van der Waals surface area contributed by atoms with Gasteiger partial charge in [0, 0.05) is 18.0 Å². The number of rotatable bonds is 6. The molecular weight excluding hydrogens is 440 g/mol. The standard InChI is InChI=1S/C25H30N2O5S/c1-16-11-17(2)23(18(3)12-16)33(30,31)27-14-19(21-9-7-8-10-22(21)27)13-20(15-28)26-24(29)32-25(4,5)6/h7-12,14-15,20H,13H2,1-6H3,(H,26,29)/t20-/m0/s1. The van der Waals surface area contributed by atoms with Gasteiger partial charge in [-0.15, -0.1) is 0 Å². The lowest BCUT2D eigenvalue weighted by Crippen LogP contribution is -2.41. The van der Waals surface area contributed by atoms with Gasteiger partial charge < -0.3 is 14.8 Å². The van der Waals surface area contributed by atoms with Crippen molar-refractivity contribution >= 4 is 33.3 Å². The molecule has 0 spiro atoms. The van der Waals surface area contributed by atoms with E-state index in [-0.39, 0.29) is 11.3 Å². The third kappa shape index (κ3) is 5.27. The maximum atomic E-state index is 13.7. The minimum absolute atomic E-state index is 0.123. The van der Waals surface area contributed by atoms with E-state index in [1.54, 1.807) is 52.8 Å². The van der Waals surface area contributed by atoms with Crippen molar-refractivity contribution in [3.8, 4) is 0 Å². The lowest BCUT2D eigenvalue weighted by atomic mass is 10.1. The number of aldehydes is 1. The molecule has 0 saturated carbocycles. The molecule has 8 heteroatoms. The highest BCUT2D eigenvalue weighted by Gasteiger charge is 2.26. The van der Waals surface area contributed by atoms with E-state index in [0.717, 1.165) is 5.56 Å². The number of fused-ring (bicyclic) bond motifs is 1. The molecule has 3 rings (SSSR count). The molecule has 1 N–H and O–H groups in total. The van der Waals surface area contributed by atoms with Crippen molar-refractivity contribution < 1.29 is 22.7 Å². The summed E-state index contributed by atoms with van der Waals surface area (Å²) in [5.74, 6) is 0. The number of para-hydroxylation sites is 1. The Labute approximate surface area is 194 Å². The fraction of sp³-hybridized carbons (Fsp3) is 0.360. The van der Waals surface area contributed by atoms with Gasteiger partial charge in [0.25, 0.3) is 10.0 Å². The van der Waals surface area contributed by atoms with Crippen LogP contribution in [0.15, 0.2) is 47.5 Å². The van der Waals surface area contributed by atoms with Gasteiger partial charge in [-0.05, 0) is 64.3 Å². The number of carbonyl (C=O) groups is 2. The first-order valence-corrected chi connectivity index (χ1v) is 12.1. The summed E-state index contributed by atoms with van der Waals surface area (Å²) in [4.78, 5) is 24.1. The molecule has 1 heterocycles. The number of nitrogens with one attached hydrogen (secondary N) is 1. The molecule has 0 aliphatic rings. The lowest BCUT2D eigenvalue weighted by molar-refractivity contribution is -0.109. The summed E-state index contributed by atoms with van der Waals surface area (Å²) in [6, 6.07) is 9.93. The zero-order valence-corrected chi connectivity index (χ0v) is 20.6. The zero-order chi connectivity index (χ0) is 24.6.